The Labute approximate surface area is 128 Å². The summed E-state index contributed by atoms with van der Waals surface area (Å²) in [7, 11) is 1.99. The number of hydrogen-bond acceptors (Lipinski definition) is 2. The number of benzene rings is 2. The molecule has 0 aromatic heterocycles. The molecule has 0 bridgehead atoms. The van der Waals surface area contributed by atoms with Gasteiger partial charge in [0.15, 0.2) is 0 Å². The third-order valence-corrected chi connectivity index (χ3v) is 3.66. The second-order valence-electron chi connectivity index (χ2n) is 5.81. The molecule has 0 fully saturated rings. The molecule has 0 heterocycles. The summed E-state index contributed by atoms with van der Waals surface area (Å²) in [5, 5.41) is 3.21. The van der Waals surface area contributed by atoms with Crippen molar-refractivity contribution in [3.8, 4) is 5.75 Å². The molecule has 0 spiro atoms. The van der Waals surface area contributed by atoms with Gasteiger partial charge in [-0.1, -0.05) is 37.3 Å². The molecule has 0 saturated heterocycles. The van der Waals surface area contributed by atoms with Crippen LogP contribution in [0.3, 0.4) is 0 Å². The lowest BCUT2D eigenvalue weighted by Gasteiger charge is -2.12. The van der Waals surface area contributed by atoms with E-state index in [-0.39, 0.29) is 0 Å². The third-order valence-electron chi connectivity index (χ3n) is 3.66. The predicted octanol–water partition coefficient (Wildman–Crippen LogP) is 4.21. The molecular formula is C19H25NO. The molecule has 1 atom stereocenters. The molecule has 0 saturated carbocycles. The van der Waals surface area contributed by atoms with Gasteiger partial charge in [0, 0.05) is 6.54 Å². The first-order chi connectivity index (χ1) is 10.1. The highest BCUT2D eigenvalue weighted by atomic mass is 16.5. The van der Waals surface area contributed by atoms with Gasteiger partial charge in [0.05, 0.1) is 0 Å². The average molecular weight is 283 g/mol. The molecule has 0 aliphatic carbocycles. The zero-order valence-corrected chi connectivity index (χ0v) is 13.4. The van der Waals surface area contributed by atoms with Crippen LogP contribution < -0.4 is 10.1 Å². The SMILES string of the molecule is CNCC(C)c1ccc(COc2cc(C)cc(C)c2)cc1. The normalized spacial score (nSPS) is 12.2. The van der Waals surface area contributed by atoms with Gasteiger partial charge < -0.3 is 10.1 Å². The van der Waals surface area contributed by atoms with Gasteiger partial charge in [0.1, 0.15) is 12.4 Å². The van der Waals surface area contributed by atoms with Crippen molar-refractivity contribution in [2.75, 3.05) is 13.6 Å². The van der Waals surface area contributed by atoms with Crippen LogP contribution in [0.5, 0.6) is 5.75 Å². The standard InChI is InChI=1S/C19H25NO/c1-14-9-15(2)11-19(10-14)21-13-17-5-7-18(8-6-17)16(3)12-20-4/h5-11,16,20H,12-13H2,1-4H3. The van der Waals surface area contributed by atoms with Gasteiger partial charge in [-0.15, -0.1) is 0 Å². The highest BCUT2D eigenvalue weighted by molar-refractivity contribution is 5.33. The van der Waals surface area contributed by atoms with E-state index in [0.717, 1.165) is 12.3 Å². The number of hydrogen-bond donors (Lipinski definition) is 1. The van der Waals surface area contributed by atoms with E-state index >= 15 is 0 Å². The van der Waals surface area contributed by atoms with E-state index < -0.39 is 0 Å². The van der Waals surface area contributed by atoms with Crippen LogP contribution in [0.25, 0.3) is 0 Å². The fraction of sp³-hybridized carbons (Fsp3) is 0.368. The van der Waals surface area contributed by atoms with E-state index in [1.165, 1.54) is 22.3 Å². The van der Waals surface area contributed by atoms with Crippen LogP contribution in [0, 0.1) is 13.8 Å². The van der Waals surface area contributed by atoms with Crippen LogP contribution in [-0.4, -0.2) is 13.6 Å². The molecule has 2 aromatic rings. The van der Waals surface area contributed by atoms with E-state index in [1.54, 1.807) is 0 Å². The van der Waals surface area contributed by atoms with Gasteiger partial charge in [0.25, 0.3) is 0 Å². The maximum absolute atomic E-state index is 5.89. The van der Waals surface area contributed by atoms with Crippen LogP contribution in [0.2, 0.25) is 0 Å². The highest BCUT2D eigenvalue weighted by Gasteiger charge is 2.04. The molecule has 21 heavy (non-hydrogen) atoms. The molecule has 0 radical (unpaired) electrons. The number of ether oxygens (including phenoxy) is 1. The van der Waals surface area contributed by atoms with E-state index in [2.05, 4.69) is 68.6 Å². The van der Waals surface area contributed by atoms with E-state index in [1.807, 2.05) is 7.05 Å². The quantitative estimate of drug-likeness (QED) is 0.857. The van der Waals surface area contributed by atoms with Crippen LogP contribution >= 0.6 is 0 Å². The summed E-state index contributed by atoms with van der Waals surface area (Å²) in [6.45, 7) is 8.04. The molecule has 1 unspecified atom stereocenters. The van der Waals surface area contributed by atoms with Crippen molar-refractivity contribution in [3.63, 3.8) is 0 Å². The summed E-state index contributed by atoms with van der Waals surface area (Å²) in [6, 6.07) is 15.0. The average Bonchev–Trinajstić information content (AvgIpc) is 2.45. The predicted molar refractivity (Wildman–Crippen MR) is 89.0 cm³/mol. The second-order valence-corrected chi connectivity index (χ2v) is 5.81. The number of aryl methyl sites for hydroxylation is 2. The summed E-state index contributed by atoms with van der Waals surface area (Å²) in [4.78, 5) is 0. The Kier molecular flexibility index (Phi) is 5.40. The lowest BCUT2D eigenvalue weighted by atomic mass is 10.00. The van der Waals surface area contributed by atoms with Gasteiger partial charge in [-0.05, 0) is 61.2 Å². The van der Waals surface area contributed by atoms with Crippen molar-refractivity contribution >= 4 is 0 Å². The smallest absolute Gasteiger partial charge is 0.120 e. The topological polar surface area (TPSA) is 21.3 Å². The van der Waals surface area contributed by atoms with Gasteiger partial charge >= 0.3 is 0 Å². The zero-order chi connectivity index (χ0) is 15.2. The molecule has 2 rings (SSSR count). The van der Waals surface area contributed by atoms with Crippen molar-refractivity contribution in [2.24, 2.45) is 0 Å². The minimum Gasteiger partial charge on any atom is -0.489 e. The van der Waals surface area contributed by atoms with Crippen molar-refractivity contribution < 1.29 is 4.74 Å². The van der Waals surface area contributed by atoms with E-state index in [0.29, 0.717) is 12.5 Å². The summed E-state index contributed by atoms with van der Waals surface area (Å²) in [6.07, 6.45) is 0. The Morgan fingerprint density at radius 2 is 1.62 bits per heavy atom. The van der Waals surface area contributed by atoms with Crippen LogP contribution in [0.15, 0.2) is 42.5 Å². The maximum Gasteiger partial charge on any atom is 0.120 e. The monoisotopic (exact) mass is 283 g/mol. The van der Waals surface area contributed by atoms with E-state index in [9.17, 15) is 0 Å². The van der Waals surface area contributed by atoms with Gasteiger partial charge in [-0.25, -0.2) is 0 Å². The Morgan fingerprint density at radius 3 is 2.19 bits per heavy atom. The Bertz CT molecular complexity index is 554. The first-order valence-electron chi connectivity index (χ1n) is 7.53. The molecule has 112 valence electrons. The Hall–Kier alpha value is -1.80. The lowest BCUT2D eigenvalue weighted by Crippen LogP contribution is -2.14. The zero-order valence-electron chi connectivity index (χ0n) is 13.4. The van der Waals surface area contributed by atoms with Crippen molar-refractivity contribution in [1.29, 1.82) is 0 Å². The minimum atomic E-state index is 0.532. The molecular weight excluding hydrogens is 258 g/mol. The van der Waals surface area contributed by atoms with Crippen molar-refractivity contribution in [2.45, 2.75) is 33.3 Å². The maximum atomic E-state index is 5.89. The van der Waals surface area contributed by atoms with Gasteiger partial charge in [0.2, 0.25) is 0 Å². The van der Waals surface area contributed by atoms with Crippen molar-refractivity contribution in [1.82, 2.24) is 5.32 Å². The molecule has 0 aliphatic rings. The first kappa shape index (κ1) is 15.6. The molecule has 0 amide bonds. The van der Waals surface area contributed by atoms with E-state index in [4.69, 9.17) is 4.74 Å². The van der Waals surface area contributed by atoms with Crippen LogP contribution in [-0.2, 0) is 6.61 Å². The lowest BCUT2D eigenvalue weighted by molar-refractivity contribution is 0.306. The van der Waals surface area contributed by atoms with Gasteiger partial charge in [-0.3, -0.25) is 0 Å². The minimum absolute atomic E-state index is 0.532. The number of rotatable bonds is 6. The fourth-order valence-corrected chi connectivity index (χ4v) is 2.55. The fourth-order valence-electron chi connectivity index (χ4n) is 2.55. The molecule has 2 aromatic carbocycles. The van der Waals surface area contributed by atoms with Crippen LogP contribution in [0.4, 0.5) is 0 Å². The summed E-state index contributed by atoms with van der Waals surface area (Å²) in [5.41, 5.74) is 5.04. The Morgan fingerprint density at radius 1 is 1.00 bits per heavy atom. The molecule has 2 heteroatoms. The first-order valence-corrected chi connectivity index (χ1v) is 7.53. The highest BCUT2D eigenvalue weighted by Crippen LogP contribution is 2.19. The number of likely N-dealkylation sites (N-methyl/N-ethyl adjacent to an activating group) is 1. The third kappa shape index (κ3) is 4.61. The Balaban J connectivity index is 1.97. The number of nitrogens with one attached hydrogen (secondary N) is 1. The van der Waals surface area contributed by atoms with Gasteiger partial charge in [-0.2, -0.15) is 0 Å². The second kappa shape index (κ2) is 7.28. The molecule has 0 aliphatic heterocycles. The van der Waals surface area contributed by atoms with Crippen LogP contribution in [0.1, 0.15) is 35.1 Å². The molecule has 1 N–H and O–H groups in total. The summed E-state index contributed by atoms with van der Waals surface area (Å²) in [5.74, 6) is 1.48. The molecule has 2 nitrogen and oxygen atoms in total. The largest absolute Gasteiger partial charge is 0.489 e. The summed E-state index contributed by atoms with van der Waals surface area (Å²) < 4.78 is 5.89. The summed E-state index contributed by atoms with van der Waals surface area (Å²) >= 11 is 0. The van der Waals surface area contributed by atoms with Crippen molar-refractivity contribution in [3.05, 3.63) is 64.7 Å².